The topological polar surface area (TPSA) is 74.6 Å². The normalized spacial score (nSPS) is 20.5. The minimum atomic E-state index is -4.61. The molecule has 0 bridgehead atoms. The van der Waals surface area contributed by atoms with Crippen molar-refractivity contribution in [3.8, 4) is 35.4 Å². The zero-order chi connectivity index (χ0) is 30.7. The van der Waals surface area contributed by atoms with Gasteiger partial charge in [-0.1, -0.05) is 12.0 Å². The van der Waals surface area contributed by atoms with Crippen LogP contribution in [-0.4, -0.2) is 76.1 Å². The number of phenols is 1. The van der Waals surface area contributed by atoms with Crippen LogP contribution in [0.4, 0.5) is 32.2 Å². The fourth-order valence-corrected chi connectivity index (χ4v) is 6.31. The summed E-state index contributed by atoms with van der Waals surface area (Å²) in [6.07, 6.45) is 2.71. The lowest BCUT2D eigenvalue weighted by Crippen LogP contribution is -2.43. The lowest BCUT2D eigenvalue weighted by atomic mass is 9.95. The van der Waals surface area contributed by atoms with Gasteiger partial charge in [-0.2, -0.15) is 23.1 Å². The van der Waals surface area contributed by atoms with Gasteiger partial charge in [-0.15, -0.1) is 6.42 Å². The van der Waals surface area contributed by atoms with Gasteiger partial charge < -0.3 is 14.7 Å². The first-order chi connectivity index (χ1) is 20.4. The number of rotatable bonds is 6. The molecule has 0 radical (unpaired) electrons. The van der Waals surface area contributed by atoms with Crippen LogP contribution in [0.5, 0.6) is 11.8 Å². The Labute approximate surface area is 242 Å². The molecule has 4 heterocycles. The number of ether oxygens (including phenoxy) is 1. The summed E-state index contributed by atoms with van der Waals surface area (Å²) in [5, 5.41) is 10.6. The fourth-order valence-electron chi connectivity index (χ4n) is 6.31. The van der Waals surface area contributed by atoms with Gasteiger partial charge in [0.05, 0.1) is 16.5 Å². The molecule has 2 atom stereocenters. The largest absolute Gasteiger partial charge is 0.508 e. The van der Waals surface area contributed by atoms with Gasteiger partial charge in [0, 0.05) is 37.2 Å². The zero-order valence-corrected chi connectivity index (χ0v) is 22.9. The summed E-state index contributed by atoms with van der Waals surface area (Å²) in [6.45, 7) is -0.513. The Kier molecular flexibility index (Phi) is 7.00. The molecular formula is C30H25F6N5O2. The molecule has 2 aliphatic heterocycles. The molecule has 2 saturated heterocycles. The number of halogens is 6. The van der Waals surface area contributed by atoms with Gasteiger partial charge in [-0.05, 0) is 43.0 Å². The number of fused-ring (bicyclic) bond motifs is 3. The molecule has 43 heavy (non-hydrogen) atoms. The number of hydrogen-bond acceptors (Lipinski definition) is 7. The van der Waals surface area contributed by atoms with Crippen LogP contribution in [-0.2, 0) is 0 Å². The van der Waals surface area contributed by atoms with Crippen LogP contribution < -0.4 is 9.64 Å². The number of hydrogen-bond donors (Lipinski definition) is 1. The van der Waals surface area contributed by atoms with E-state index in [2.05, 4.69) is 20.9 Å². The third kappa shape index (κ3) is 5.14. The highest BCUT2D eigenvalue weighted by Crippen LogP contribution is 2.41. The van der Waals surface area contributed by atoms with Crippen molar-refractivity contribution in [2.75, 3.05) is 38.2 Å². The van der Waals surface area contributed by atoms with Crippen LogP contribution in [0.3, 0.4) is 0 Å². The summed E-state index contributed by atoms with van der Waals surface area (Å²) in [5.74, 6) is -0.145. The van der Waals surface area contributed by atoms with Crippen LogP contribution in [0.2, 0.25) is 0 Å². The summed E-state index contributed by atoms with van der Waals surface area (Å²) >= 11 is 0. The van der Waals surface area contributed by atoms with E-state index in [-0.39, 0.29) is 58.7 Å². The van der Waals surface area contributed by atoms with E-state index in [1.54, 1.807) is 0 Å². The van der Waals surface area contributed by atoms with Gasteiger partial charge in [-0.3, -0.25) is 9.88 Å². The van der Waals surface area contributed by atoms with E-state index in [4.69, 9.17) is 11.2 Å². The van der Waals surface area contributed by atoms with Crippen molar-refractivity contribution in [3.63, 3.8) is 0 Å². The number of aromatic nitrogens is 3. The molecule has 2 aromatic carbocycles. The van der Waals surface area contributed by atoms with Crippen molar-refractivity contribution < 1.29 is 36.2 Å². The van der Waals surface area contributed by atoms with Crippen molar-refractivity contribution in [1.29, 1.82) is 0 Å². The predicted molar refractivity (Wildman–Crippen MR) is 148 cm³/mol. The second-order valence-corrected chi connectivity index (χ2v) is 11.0. The molecule has 13 heteroatoms. The summed E-state index contributed by atoms with van der Waals surface area (Å²) in [5.41, 5.74) is -1.64. The summed E-state index contributed by atoms with van der Waals surface area (Å²) < 4.78 is 91.3. The molecule has 1 N–H and O–H groups in total. The molecule has 0 unspecified atom stereocenters. The van der Waals surface area contributed by atoms with Gasteiger partial charge in [-0.25, -0.2) is 13.2 Å². The smallest absolute Gasteiger partial charge is 0.405 e. The Morgan fingerprint density at radius 1 is 1.23 bits per heavy atom. The summed E-state index contributed by atoms with van der Waals surface area (Å²) in [7, 11) is 1.14. The molecule has 0 aliphatic carbocycles. The summed E-state index contributed by atoms with van der Waals surface area (Å²) in [4.78, 5) is 15.3. The van der Waals surface area contributed by atoms with Crippen LogP contribution >= 0.6 is 0 Å². The Hall–Kier alpha value is -4.31. The first-order valence-electron chi connectivity index (χ1n) is 13.5. The van der Waals surface area contributed by atoms with Crippen molar-refractivity contribution >= 4 is 27.5 Å². The van der Waals surface area contributed by atoms with Crippen molar-refractivity contribution in [3.05, 3.63) is 47.7 Å². The van der Waals surface area contributed by atoms with Gasteiger partial charge in [0.15, 0.2) is 5.82 Å². The third-order valence-electron chi connectivity index (χ3n) is 8.10. The highest BCUT2D eigenvalue weighted by atomic mass is 19.4. The third-order valence-corrected chi connectivity index (χ3v) is 8.10. The maximum absolute atomic E-state index is 16.4. The Bertz CT molecular complexity index is 1790. The molecule has 4 aromatic rings. The lowest BCUT2D eigenvalue weighted by molar-refractivity contribution is -0.119. The van der Waals surface area contributed by atoms with E-state index in [0.717, 1.165) is 36.7 Å². The fraction of sp³-hybridized carbons (Fsp3) is 0.367. The number of terminal acetylenes is 1. The van der Waals surface area contributed by atoms with E-state index in [1.165, 1.54) is 12.1 Å². The first-order valence-corrected chi connectivity index (χ1v) is 13.5. The van der Waals surface area contributed by atoms with E-state index in [0.29, 0.717) is 18.4 Å². The highest BCUT2D eigenvalue weighted by molar-refractivity contribution is 6.03. The van der Waals surface area contributed by atoms with E-state index in [1.807, 2.05) is 4.90 Å². The Balaban J connectivity index is 1.51. The number of aromatic hydroxyl groups is 1. The minimum Gasteiger partial charge on any atom is -0.508 e. The average molecular weight is 602 g/mol. The number of pyridine rings is 1. The van der Waals surface area contributed by atoms with Crippen molar-refractivity contribution in [1.82, 2.24) is 19.9 Å². The molecule has 2 aliphatic rings. The van der Waals surface area contributed by atoms with Crippen molar-refractivity contribution in [2.24, 2.45) is 0 Å². The predicted octanol–water partition coefficient (Wildman–Crippen LogP) is 5.76. The van der Waals surface area contributed by atoms with Crippen LogP contribution in [0.25, 0.3) is 32.9 Å². The van der Waals surface area contributed by atoms with Gasteiger partial charge in [0.2, 0.25) is 0 Å². The maximum atomic E-state index is 16.4. The zero-order valence-electron chi connectivity index (χ0n) is 22.9. The van der Waals surface area contributed by atoms with E-state index in [9.17, 15) is 27.1 Å². The van der Waals surface area contributed by atoms with Crippen LogP contribution in [0.15, 0.2) is 30.5 Å². The quantitative estimate of drug-likeness (QED) is 0.223. The average Bonchev–Trinajstić information content (AvgIpc) is 3.46. The molecular weight excluding hydrogens is 576 g/mol. The molecule has 0 saturated carbocycles. The Morgan fingerprint density at radius 3 is 2.77 bits per heavy atom. The number of phenolic OH excluding ortho intramolecular Hbond substituents is 1. The Morgan fingerprint density at radius 2 is 2.02 bits per heavy atom. The van der Waals surface area contributed by atoms with Crippen LogP contribution in [0.1, 0.15) is 24.8 Å². The standard InChI is InChI=1S/C30H25F6N5O2/c1-3-19-22(32)6-5-16-9-18(42)10-20(23(16)19)25-24(33)26-21(12-37-25)27(40(2)14-30(34,35)36)39-28(38-26)43-15-29-7-4-8-41(29)13-17(31)11-29/h1,5-6,9-10,12,17,42H,4,7-8,11,13-15H2,2H3/t17-,29+/m1/s1. The van der Waals surface area contributed by atoms with Crippen LogP contribution in [0, 0.1) is 24.0 Å². The summed E-state index contributed by atoms with van der Waals surface area (Å²) in [6, 6.07) is 4.57. The van der Waals surface area contributed by atoms with Crippen molar-refractivity contribution in [2.45, 2.75) is 37.1 Å². The molecule has 0 amide bonds. The molecule has 6 rings (SSSR count). The second kappa shape index (κ2) is 10.4. The molecule has 7 nitrogen and oxygen atoms in total. The molecule has 224 valence electrons. The van der Waals surface area contributed by atoms with Gasteiger partial charge in [0.1, 0.15) is 47.9 Å². The number of nitrogens with zero attached hydrogens (tertiary/aromatic N) is 5. The maximum Gasteiger partial charge on any atom is 0.405 e. The minimum absolute atomic E-state index is 0.0388. The van der Waals surface area contributed by atoms with E-state index < -0.39 is 47.6 Å². The lowest BCUT2D eigenvalue weighted by Gasteiger charge is -2.31. The first kappa shape index (κ1) is 28.8. The number of alkyl halides is 4. The van der Waals surface area contributed by atoms with Gasteiger partial charge in [0.25, 0.3) is 0 Å². The second-order valence-electron chi connectivity index (χ2n) is 11.0. The molecule has 0 spiro atoms. The molecule has 2 aromatic heterocycles. The van der Waals surface area contributed by atoms with Gasteiger partial charge >= 0.3 is 12.2 Å². The highest BCUT2D eigenvalue weighted by Gasteiger charge is 2.49. The number of benzene rings is 2. The number of anilines is 1. The van der Waals surface area contributed by atoms with E-state index >= 15 is 4.39 Å². The molecule has 2 fully saturated rings. The monoisotopic (exact) mass is 601 g/mol. The SMILES string of the molecule is C#Cc1c(F)ccc2cc(O)cc(-c3ncc4c(N(C)CC(F)(F)F)nc(OC[C@@]56CCCN5C[C@H](F)C6)nc4c3F)c12.